The van der Waals surface area contributed by atoms with Crippen molar-refractivity contribution < 1.29 is 4.52 Å². The Morgan fingerprint density at radius 2 is 2.26 bits per heavy atom. The predicted octanol–water partition coefficient (Wildman–Crippen LogP) is 3.86. The van der Waals surface area contributed by atoms with Crippen molar-refractivity contribution in [3.8, 4) is 0 Å². The topological polar surface area (TPSA) is 47.1 Å². The standard InChI is InChI=1S/C17H19ClN4O/c1-11-9-13(20-23-11)15-7-4-8-22(15)10-14-17-12(18)5-3-6-16(17)21(2)19-14/h3,5-6,9,15H,4,7-8,10H2,1-2H3/t15-/m0/s1. The van der Waals surface area contributed by atoms with E-state index in [-0.39, 0.29) is 0 Å². The number of rotatable bonds is 3. The molecular formula is C17H19ClN4O. The van der Waals surface area contributed by atoms with Crippen molar-refractivity contribution in [2.75, 3.05) is 6.54 Å². The van der Waals surface area contributed by atoms with Crippen LogP contribution in [0.1, 0.15) is 36.0 Å². The summed E-state index contributed by atoms with van der Waals surface area (Å²) in [6.45, 7) is 3.75. The van der Waals surface area contributed by atoms with Gasteiger partial charge in [-0.3, -0.25) is 9.58 Å². The maximum Gasteiger partial charge on any atom is 0.133 e. The first-order valence-corrected chi connectivity index (χ1v) is 8.28. The summed E-state index contributed by atoms with van der Waals surface area (Å²) in [6.07, 6.45) is 2.26. The minimum atomic E-state index is 0.298. The first kappa shape index (κ1) is 14.7. The summed E-state index contributed by atoms with van der Waals surface area (Å²) in [5.41, 5.74) is 3.12. The lowest BCUT2D eigenvalue weighted by molar-refractivity contribution is 0.234. The number of hydrogen-bond acceptors (Lipinski definition) is 4. The van der Waals surface area contributed by atoms with Crippen molar-refractivity contribution in [2.45, 2.75) is 32.4 Å². The summed E-state index contributed by atoms with van der Waals surface area (Å²) in [4.78, 5) is 2.42. The zero-order valence-electron chi connectivity index (χ0n) is 13.3. The van der Waals surface area contributed by atoms with Crippen LogP contribution in [0.2, 0.25) is 5.02 Å². The van der Waals surface area contributed by atoms with Crippen molar-refractivity contribution in [1.82, 2.24) is 19.8 Å². The molecule has 0 N–H and O–H groups in total. The summed E-state index contributed by atoms with van der Waals surface area (Å²) < 4.78 is 7.16. The van der Waals surface area contributed by atoms with E-state index in [1.54, 1.807) is 0 Å². The van der Waals surface area contributed by atoms with Gasteiger partial charge in [0.2, 0.25) is 0 Å². The van der Waals surface area contributed by atoms with Gasteiger partial charge in [0.1, 0.15) is 11.5 Å². The molecule has 120 valence electrons. The fourth-order valence-corrected chi connectivity index (χ4v) is 3.83. The first-order chi connectivity index (χ1) is 11.1. The molecule has 0 unspecified atom stereocenters. The largest absolute Gasteiger partial charge is 0.361 e. The summed E-state index contributed by atoms with van der Waals surface area (Å²) in [5, 5.41) is 10.7. The number of likely N-dealkylation sites (tertiary alicyclic amines) is 1. The fourth-order valence-electron chi connectivity index (χ4n) is 3.55. The third kappa shape index (κ3) is 2.54. The van der Waals surface area contributed by atoms with Gasteiger partial charge in [-0.15, -0.1) is 0 Å². The third-order valence-electron chi connectivity index (χ3n) is 4.60. The highest BCUT2D eigenvalue weighted by Gasteiger charge is 2.29. The van der Waals surface area contributed by atoms with Crippen molar-refractivity contribution >= 4 is 22.5 Å². The molecule has 1 fully saturated rings. The zero-order chi connectivity index (χ0) is 16.0. The lowest BCUT2D eigenvalue weighted by atomic mass is 10.1. The third-order valence-corrected chi connectivity index (χ3v) is 4.92. The van der Waals surface area contributed by atoms with Crippen LogP contribution in [0.25, 0.3) is 10.9 Å². The quantitative estimate of drug-likeness (QED) is 0.731. The van der Waals surface area contributed by atoms with Crippen LogP contribution < -0.4 is 0 Å². The van der Waals surface area contributed by atoms with Crippen LogP contribution in [0.15, 0.2) is 28.8 Å². The van der Waals surface area contributed by atoms with E-state index in [4.69, 9.17) is 21.2 Å². The van der Waals surface area contributed by atoms with E-state index in [0.717, 1.165) is 59.0 Å². The molecule has 1 aromatic carbocycles. The Labute approximate surface area is 139 Å². The maximum absolute atomic E-state index is 6.42. The van der Waals surface area contributed by atoms with Crippen molar-refractivity contribution in [2.24, 2.45) is 7.05 Å². The number of aromatic nitrogens is 3. The Morgan fingerprint density at radius 3 is 3.04 bits per heavy atom. The van der Waals surface area contributed by atoms with Crippen LogP contribution in [0, 0.1) is 6.92 Å². The molecule has 1 saturated heterocycles. The highest BCUT2D eigenvalue weighted by Crippen LogP contribution is 2.34. The molecule has 3 heterocycles. The van der Waals surface area contributed by atoms with Crippen LogP contribution in [0.4, 0.5) is 0 Å². The molecule has 23 heavy (non-hydrogen) atoms. The van der Waals surface area contributed by atoms with Gasteiger partial charge in [0.05, 0.1) is 22.3 Å². The van der Waals surface area contributed by atoms with Gasteiger partial charge in [-0.1, -0.05) is 22.8 Å². The smallest absolute Gasteiger partial charge is 0.133 e. The lowest BCUT2D eigenvalue weighted by Crippen LogP contribution is -2.23. The van der Waals surface area contributed by atoms with E-state index in [1.165, 1.54) is 0 Å². The van der Waals surface area contributed by atoms with Gasteiger partial charge in [-0.05, 0) is 38.4 Å². The van der Waals surface area contributed by atoms with Crippen molar-refractivity contribution in [1.29, 1.82) is 0 Å². The number of aryl methyl sites for hydroxylation is 2. The molecule has 0 bridgehead atoms. The van der Waals surface area contributed by atoms with E-state index in [1.807, 2.05) is 36.9 Å². The van der Waals surface area contributed by atoms with Gasteiger partial charge < -0.3 is 4.52 Å². The minimum absolute atomic E-state index is 0.298. The van der Waals surface area contributed by atoms with Crippen LogP contribution in [0.5, 0.6) is 0 Å². The lowest BCUT2D eigenvalue weighted by Gasteiger charge is -2.21. The minimum Gasteiger partial charge on any atom is -0.361 e. The summed E-state index contributed by atoms with van der Waals surface area (Å²) in [7, 11) is 1.96. The molecule has 0 amide bonds. The van der Waals surface area contributed by atoms with Gasteiger partial charge in [-0.25, -0.2) is 0 Å². The van der Waals surface area contributed by atoms with Crippen LogP contribution in [0.3, 0.4) is 0 Å². The molecule has 0 spiro atoms. The number of nitrogens with zero attached hydrogens (tertiary/aromatic N) is 4. The fraction of sp³-hybridized carbons (Fsp3) is 0.412. The molecule has 0 aliphatic carbocycles. The number of halogens is 1. The molecule has 0 saturated carbocycles. The van der Waals surface area contributed by atoms with Crippen LogP contribution in [-0.2, 0) is 13.6 Å². The Morgan fingerprint density at radius 1 is 1.39 bits per heavy atom. The Hall–Kier alpha value is -1.85. The van der Waals surface area contributed by atoms with Crippen molar-refractivity contribution in [3.05, 3.63) is 46.4 Å². The van der Waals surface area contributed by atoms with Gasteiger partial charge in [0.15, 0.2) is 0 Å². The van der Waals surface area contributed by atoms with E-state index in [2.05, 4.69) is 16.1 Å². The average molecular weight is 331 g/mol. The number of fused-ring (bicyclic) bond motifs is 1. The van der Waals surface area contributed by atoms with Gasteiger partial charge in [0.25, 0.3) is 0 Å². The van der Waals surface area contributed by atoms with Crippen LogP contribution in [-0.4, -0.2) is 26.4 Å². The number of hydrogen-bond donors (Lipinski definition) is 0. The summed E-state index contributed by atoms with van der Waals surface area (Å²) >= 11 is 6.42. The van der Waals surface area contributed by atoms with Gasteiger partial charge >= 0.3 is 0 Å². The maximum atomic E-state index is 6.42. The van der Waals surface area contributed by atoms with E-state index >= 15 is 0 Å². The molecule has 1 atom stereocenters. The first-order valence-electron chi connectivity index (χ1n) is 7.91. The summed E-state index contributed by atoms with van der Waals surface area (Å²) in [5.74, 6) is 0.859. The zero-order valence-corrected chi connectivity index (χ0v) is 14.0. The Balaban J connectivity index is 1.67. The van der Waals surface area contributed by atoms with E-state index in [9.17, 15) is 0 Å². The van der Waals surface area contributed by atoms with E-state index in [0.29, 0.717) is 6.04 Å². The number of benzene rings is 1. The predicted molar refractivity (Wildman–Crippen MR) is 89.3 cm³/mol. The highest BCUT2D eigenvalue weighted by atomic mass is 35.5. The molecule has 1 aliphatic heterocycles. The van der Waals surface area contributed by atoms with Gasteiger partial charge in [-0.2, -0.15) is 5.10 Å². The molecule has 4 rings (SSSR count). The van der Waals surface area contributed by atoms with Crippen LogP contribution >= 0.6 is 11.6 Å². The highest BCUT2D eigenvalue weighted by molar-refractivity contribution is 6.35. The molecule has 6 heteroatoms. The second kappa shape index (κ2) is 5.65. The second-order valence-corrected chi connectivity index (χ2v) is 6.60. The van der Waals surface area contributed by atoms with Crippen molar-refractivity contribution in [3.63, 3.8) is 0 Å². The monoisotopic (exact) mass is 330 g/mol. The van der Waals surface area contributed by atoms with Gasteiger partial charge in [0, 0.05) is 25.0 Å². The van der Waals surface area contributed by atoms with E-state index < -0.39 is 0 Å². The SMILES string of the molecule is Cc1cc([C@@H]2CCCN2Cc2nn(C)c3cccc(Cl)c23)no1. The molecule has 0 radical (unpaired) electrons. The molecule has 2 aromatic heterocycles. The normalized spacial score (nSPS) is 19.0. The molecule has 3 aromatic rings. The Kier molecular flexibility index (Phi) is 3.62. The molecule has 5 nitrogen and oxygen atoms in total. The Bertz CT molecular complexity index is 854. The second-order valence-electron chi connectivity index (χ2n) is 6.20. The molecular weight excluding hydrogens is 312 g/mol. The molecule has 1 aliphatic rings. The average Bonchev–Trinajstić information content (AvgIpc) is 3.21. The summed E-state index contributed by atoms with van der Waals surface area (Å²) in [6, 6.07) is 8.28.